The number of hydrogen-bond donors (Lipinski definition) is 2. The van der Waals surface area contributed by atoms with E-state index in [1.807, 2.05) is 30.3 Å². The van der Waals surface area contributed by atoms with Crippen LogP contribution in [-0.2, 0) is 11.3 Å². The molecule has 0 saturated carbocycles. The molecule has 1 amide bonds. The summed E-state index contributed by atoms with van der Waals surface area (Å²) in [7, 11) is 0. The van der Waals surface area contributed by atoms with E-state index in [1.165, 1.54) is 0 Å². The van der Waals surface area contributed by atoms with E-state index in [-0.39, 0.29) is 12.7 Å². The van der Waals surface area contributed by atoms with Crippen LogP contribution in [0.3, 0.4) is 0 Å². The van der Waals surface area contributed by atoms with Gasteiger partial charge in [-0.3, -0.25) is 0 Å². The Balaban J connectivity index is 1.77. The van der Waals surface area contributed by atoms with Crippen molar-refractivity contribution in [2.75, 3.05) is 19.6 Å². The van der Waals surface area contributed by atoms with Crippen molar-refractivity contribution in [3.63, 3.8) is 0 Å². The smallest absolute Gasteiger partial charge is 0.410 e. The molecule has 1 aliphatic rings. The van der Waals surface area contributed by atoms with Crippen LogP contribution >= 0.6 is 0 Å². The van der Waals surface area contributed by atoms with Crippen LogP contribution in [0.4, 0.5) is 4.79 Å². The molecule has 20 heavy (non-hydrogen) atoms. The first-order chi connectivity index (χ1) is 9.63. The molecule has 110 valence electrons. The molecule has 0 aromatic heterocycles. The summed E-state index contributed by atoms with van der Waals surface area (Å²) in [5.74, 6) is 0. The molecule has 1 fully saturated rings. The predicted octanol–water partition coefficient (Wildman–Crippen LogP) is 1.50. The Morgan fingerprint density at radius 1 is 1.30 bits per heavy atom. The average molecular weight is 278 g/mol. The first-order valence-corrected chi connectivity index (χ1v) is 7.01. The van der Waals surface area contributed by atoms with E-state index in [0.717, 1.165) is 5.56 Å². The molecule has 0 aliphatic carbocycles. The van der Waals surface area contributed by atoms with Gasteiger partial charge in [-0.15, -0.1) is 0 Å². The maximum atomic E-state index is 11.9. The summed E-state index contributed by atoms with van der Waals surface area (Å²) in [6, 6.07) is 9.59. The van der Waals surface area contributed by atoms with Gasteiger partial charge in [0, 0.05) is 13.1 Å². The van der Waals surface area contributed by atoms with Crippen LogP contribution in [0, 0.1) is 0 Å². The topological polar surface area (TPSA) is 75.8 Å². The summed E-state index contributed by atoms with van der Waals surface area (Å²) < 4.78 is 5.28. The second-order valence-corrected chi connectivity index (χ2v) is 5.29. The zero-order valence-corrected chi connectivity index (χ0v) is 11.6. The van der Waals surface area contributed by atoms with Gasteiger partial charge in [0.2, 0.25) is 0 Å². The molecule has 5 heteroatoms. The first kappa shape index (κ1) is 14.8. The highest BCUT2D eigenvalue weighted by atomic mass is 16.6. The summed E-state index contributed by atoms with van der Waals surface area (Å²) in [5, 5.41) is 10.2. The van der Waals surface area contributed by atoms with E-state index >= 15 is 0 Å². The molecule has 0 spiro atoms. The monoisotopic (exact) mass is 278 g/mol. The van der Waals surface area contributed by atoms with E-state index in [9.17, 15) is 9.90 Å². The highest BCUT2D eigenvalue weighted by molar-refractivity contribution is 5.67. The Bertz CT molecular complexity index is 428. The van der Waals surface area contributed by atoms with Crippen molar-refractivity contribution in [3.05, 3.63) is 35.9 Å². The number of amides is 1. The van der Waals surface area contributed by atoms with Gasteiger partial charge < -0.3 is 20.5 Å². The number of likely N-dealkylation sites (tertiary alicyclic amines) is 1. The molecule has 3 N–H and O–H groups in total. The number of hydrogen-bond acceptors (Lipinski definition) is 4. The number of ether oxygens (including phenoxy) is 1. The third-order valence-corrected chi connectivity index (χ3v) is 3.77. The molecular weight excluding hydrogens is 256 g/mol. The second-order valence-electron chi connectivity index (χ2n) is 5.29. The largest absolute Gasteiger partial charge is 0.445 e. The SMILES string of the molecule is NCCC1(O)CCN(C(=O)OCc2ccccc2)CC1. The van der Waals surface area contributed by atoms with E-state index in [4.69, 9.17) is 10.5 Å². The van der Waals surface area contributed by atoms with E-state index < -0.39 is 5.60 Å². The molecule has 0 bridgehead atoms. The van der Waals surface area contributed by atoms with E-state index in [0.29, 0.717) is 38.9 Å². The normalized spacial score (nSPS) is 17.8. The van der Waals surface area contributed by atoms with Crippen LogP contribution in [0.1, 0.15) is 24.8 Å². The fourth-order valence-corrected chi connectivity index (χ4v) is 2.43. The number of piperidine rings is 1. The molecule has 2 rings (SSSR count). The van der Waals surface area contributed by atoms with Crippen LogP contribution < -0.4 is 5.73 Å². The summed E-state index contributed by atoms with van der Waals surface area (Å²) in [4.78, 5) is 13.6. The van der Waals surface area contributed by atoms with Crippen LogP contribution in [0.15, 0.2) is 30.3 Å². The molecule has 1 aromatic rings. The Hall–Kier alpha value is -1.59. The summed E-state index contributed by atoms with van der Waals surface area (Å²) in [6.07, 6.45) is 1.39. The molecule has 0 radical (unpaired) electrons. The third kappa shape index (κ3) is 3.95. The molecule has 1 heterocycles. The third-order valence-electron chi connectivity index (χ3n) is 3.77. The van der Waals surface area contributed by atoms with Crippen molar-refractivity contribution in [3.8, 4) is 0 Å². The van der Waals surface area contributed by atoms with Crippen LogP contribution in [0.2, 0.25) is 0 Å². The quantitative estimate of drug-likeness (QED) is 0.875. The number of rotatable bonds is 4. The van der Waals surface area contributed by atoms with Gasteiger partial charge in [-0.2, -0.15) is 0 Å². The maximum absolute atomic E-state index is 11.9. The van der Waals surface area contributed by atoms with Crippen LogP contribution in [-0.4, -0.2) is 41.3 Å². The van der Waals surface area contributed by atoms with Crippen molar-refractivity contribution in [2.45, 2.75) is 31.5 Å². The lowest BCUT2D eigenvalue weighted by Crippen LogP contribution is -2.47. The molecule has 0 atom stereocenters. The van der Waals surface area contributed by atoms with Crippen molar-refractivity contribution in [2.24, 2.45) is 5.73 Å². The zero-order chi connectivity index (χ0) is 14.4. The predicted molar refractivity (Wildman–Crippen MR) is 76.1 cm³/mol. The lowest BCUT2D eigenvalue weighted by Gasteiger charge is -2.37. The molecule has 1 saturated heterocycles. The maximum Gasteiger partial charge on any atom is 0.410 e. The lowest BCUT2D eigenvalue weighted by molar-refractivity contribution is -0.0252. The molecule has 1 aromatic carbocycles. The molecule has 5 nitrogen and oxygen atoms in total. The minimum Gasteiger partial charge on any atom is -0.445 e. The lowest BCUT2D eigenvalue weighted by atomic mass is 9.88. The molecule has 0 unspecified atom stereocenters. The van der Waals surface area contributed by atoms with Gasteiger partial charge in [0.05, 0.1) is 5.60 Å². The Labute approximate surface area is 119 Å². The Kier molecular flexibility index (Phi) is 4.98. The Morgan fingerprint density at radius 2 is 1.95 bits per heavy atom. The highest BCUT2D eigenvalue weighted by Crippen LogP contribution is 2.25. The summed E-state index contributed by atoms with van der Waals surface area (Å²) in [6.45, 7) is 1.78. The highest BCUT2D eigenvalue weighted by Gasteiger charge is 2.33. The van der Waals surface area contributed by atoms with Crippen molar-refractivity contribution < 1.29 is 14.6 Å². The number of aliphatic hydroxyl groups is 1. The first-order valence-electron chi connectivity index (χ1n) is 7.01. The van der Waals surface area contributed by atoms with Crippen molar-refractivity contribution >= 4 is 6.09 Å². The second kappa shape index (κ2) is 6.72. The summed E-state index contributed by atoms with van der Waals surface area (Å²) in [5.41, 5.74) is 5.74. The van der Waals surface area contributed by atoms with Gasteiger partial charge in [-0.25, -0.2) is 4.79 Å². The fraction of sp³-hybridized carbons (Fsp3) is 0.533. The number of carbonyl (C=O) groups is 1. The average Bonchev–Trinajstić information content (AvgIpc) is 2.47. The van der Waals surface area contributed by atoms with Gasteiger partial charge in [0.15, 0.2) is 0 Å². The minimum atomic E-state index is -0.717. The van der Waals surface area contributed by atoms with Crippen molar-refractivity contribution in [1.82, 2.24) is 4.90 Å². The number of nitrogens with two attached hydrogens (primary N) is 1. The summed E-state index contributed by atoms with van der Waals surface area (Å²) >= 11 is 0. The number of carbonyl (C=O) groups excluding carboxylic acids is 1. The minimum absolute atomic E-state index is 0.281. The molecule has 1 aliphatic heterocycles. The van der Waals surface area contributed by atoms with E-state index in [1.54, 1.807) is 4.90 Å². The Morgan fingerprint density at radius 3 is 2.55 bits per heavy atom. The van der Waals surface area contributed by atoms with E-state index in [2.05, 4.69) is 0 Å². The van der Waals surface area contributed by atoms with Gasteiger partial charge in [0.1, 0.15) is 6.61 Å². The van der Waals surface area contributed by atoms with Gasteiger partial charge in [-0.05, 0) is 31.4 Å². The number of nitrogens with zero attached hydrogens (tertiary/aromatic N) is 1. The van der Waals surface area contributed by atoms with Gasteiger partial charge in [-0.1, -0.05) is 30.3 Å². The fourth-order valence-electron chi connectivity index (χ4n) is 2.43. The van der Waals surface area contributed by atoms with Gasteiger partial charge in [0.25, 0.3) is 0 Å². The number of benzene rings is 1. The van der Waals surface area contributed by atoms with Crippen molar-refractivity contribution in [1.29, 1.82) is 0 Å². The van der Waals surface area contributed by atoms with Crippen LogP contribution in [0.5, 0.6) is 0 Å². The van der Waals surface area contributed by atoms with Gasteiger partial charge >= 0.3 is 6.09 Å². The standard InChI is InChI=1S/C15H22N2O3/c16-9-6-15(19)7-10-17(11-8-15)14(18)20-12-13-4-2-1-3-5-13/h1-5,19H,6-12,16H2. The molecular formula is C15H22N2O3. The van der Waals surface area contributed by atoms with Crippen LogP contribution in [0.25, 0.3) is 0 Å². The zero-order valence-electron chi connectivity index (χ0n) is 11.6.